The van der Waals surface area contributed by atoms with Crippen molar-refractivity contribution in [2.45, 2.75) is 11.9 Å². The van der Waals surface area contributed by atoms with Gasteiger partial charge in [0.1, 0.15) is 10.8 Å². The molecular formula is C13H14N2OS. The van der Waals surface area contributed by atoms with Gasteiger partial charge in [-0.15, -0.1) is 22.0 Å². The Kier molecular flexibility index (Phi) is 3.98. The van der Waals surface area contributed by atoms with Crippen molar-refractivity contribution in [1.29, 1.82) is 0 Å². The SMILES string of the molecule is CCSc1ccc(-c2ccc(OC)cc2)nn1. The Labute approximate surface area is 105 Å². The van der Waals surface area contributed by atoms with Gasteiger partial charge >= 0.3 is 0 Å². The molecule has 0 aliphatic carbocycles. The molecule has 2 aromatic rings. The molecule has 0 fully saturated rings. The van der Waals surface area contributed by atoms with Crippen LogP contribution in [0, 0.1) is 0 Å². The van der Waals surface area contributed by atoms with Gasteiger partial charge in [0, 0.05) is 5.56 Å². The Morgan fingerprint density at radius 1 is 1.06 bits per heavy atom. The number of methoxy groups -OCH3 is 1. The highest BCUT2D eigenvalue weighted by Gasteiger charge is 2.01. The molecule has 4 heteroatoms. The standard InChI is InChI=1S/C13H14N2OS/c1-3-17-13-9-8-12(14-15-13)10-4-6-11(16-2)7-5-10/h4-9H,3H2,1-2H3. The largest absolute Gasteiger partial charge is 0.497 e. The molecular weight excluding hydrogens is 232 g/mol. The van der Waals surface area contributed by atoms with Crippen LogP contribution in [0.3, 0.4) is 0 Å². The molecule has 0 bridgehead atoms. The van der Waals surface area contributed by atoms with E-state index in [9.17, 15) is 0 Å². The first kappa shape index (κ1) is 11.9. The number of rotatable bonds is 4. The van der Waals surface area contributed by atoms with Gasteiger partial charge in [0.05, 0.1) is 12.8 Å². The van der Waals surface area contributed by atoms with E-state index in [0.717, 1.165) is 27.8 Å². The third-order valence-corrected chi connectivity index (χ3v) is 3.12. The summed E-state index contributed by atoms with van der Waals surface area (Å²) in [6.45, 7) is 2.10. The average Bonchev–Trinajstić information content (AvgIpc) is 2.40. The molecule has 0 unspecified atom stereocenters. The van der Waals surface area contributed by atoms with Crippen LogP contribution in [-0.2, 0) is 0 Å². The van der Waals surface area contributed by atoms with Crippen molar-refractivity contribution in [3.8, 4) is 17.0 Å². The lowest BCUT2D eigenvalue weighted by atomic mass is 10.1. The Hall–Kier alpha value is -1.55. The van der Waals surface area contributed by atoms with E-state index in [0.29, 0.717) is 0 Å². The molecule has 0 aliphatic rings. The third kappa shape index (κ3) is 2.97. The van der Waals surface area contributed by atoms with Gasteiger partial charge in [-0.2, -0.15) is 0 Å². The fourth-order valence-electron chi connectivity index (χ4n) is 1.46. The van der Waals surface area contributed by atoms with E-state index in [2.05, 4.69) is 17.1 Å². The summed E-state index contributed by atoms with van der Waals surface area (Å²) >= 11 is 1.69. The fraction of sp³-hybridized carbons (Fsp3) is 0.231. The van der Waals surface area contributed by atoms with Crippen molar-refractivity contribution in [3.05, 3.63) is 36.4 Å². The lowest BCUT2D eigenvalue weighted by Crippen LogP contribution is -1.90. The Bertz CT molecular complexity index is 468. The Morgan fingerprint density at radius 3 is 2.35 bits per heavy atom. The molecule has 1 aromatic carbocycles. The predicted octanol–water partition coefficient (Wildman–Crippen LogP) is 3.26. The van der Waals surface area contributed by atoms with E-state index in [-0.39, 0.29) is 0 Å². The van der Waals surface area contributed by atoms with Gasteiger partial charge in [-0.05, 0) is 42.2 Å². The highest BCUT2D eigenvalue weighted by Crippen LogP contribution is 2.21. The summed E-state index contributed by atoms with van der Waals surface area (Å²) in [5.74, 6) is 1.86. The number of hydrogen-bond donors (Lipinski definition) is 0. The summed E-state index contributed by atoms with van der Waals surface area (Å²) in [6.07, 6.45) is 0. The summed E-state index contributed by atoms with van der Waals surface area (Å²) in [6, 6.07) is 11.8. The van der Waals surface area contributed by atoms with Crippen LogP contribution >= 0.6 is 11.8 Å². The zero-order valence-corrected chi connectivity index (χ0v) is 10.7. The van der Waals surface area contributed by atoms with Crippen molar-refractivity contribution in [2.75, 3.05) is 12.9 Å². The normalized spacial score (nSPS) is 10.2. The molecule has 3 nitrogen and oxygen atoms in total. The van der Waals surface area contributed by atoms with E-state index in [4.69, 9.17) is 4.74 Å². The molecule has 0 saturated heterocycles. The molecule has 0 spiro atoms. The van der Waals surface area contributed by atoms with E-state index in [1.807, 2.05) is 36.4 Å². The number of ether oxygens (including phenoxy) is 1. The molecule has 0 atom stereocenters. The van der Waals surface area contributed by atoms with Gasteiger partial charge in [0.15, 0.2) is 0 Å². The lowest BCUT2D eigenvalue weighted by molar-refractivity contribution is 0.415. The molecule has 88 valence electrons. The molecule has 17 heavy (non-hydrogen) atoms. The Morgan fingerprint density at radius 2 is 1.82 bits per heavy atom. The first-order valence-corrected chi connectivity index (χ1v) is 6.43. The van der Waals surface area contributed by atoms with Crippen LogP contribution in [0.25, 0.3) is 11.3 Å². The topological polar surface area (TPSA) is 35.0 Å². The number of hydrogen-bond acceptors (Lipinski definition) is 4. The molecule has 0 saturated carbocycles. The second-order valence-electron chi connectivity index (χ2n) is 3.42. The second-order valence-corrected chi connectivity index (χ2v) is 4.70. The predicted molar refractivity (Wildman–Crippen MR) is 70.4 cm³/mol. The molecule has 2 rings (SSSR count). The number of nitrogens with zero attached hydrogens (tertiary/aromatic N) is 2. The van der Waals surface area contributed by atoms with Crippen molar-refractivity contribution in [3.63, 3.8) is 0 Å². The molecule has 0 amide bonds. The first-order chi connectivity index (χ1) is 8.33. The highest BCUT2D eigenvalue weighted by molar-refractivity contribution is 7.99. The molecule has 1 aromatic heterocycles. The molecule has 0 N–H and O–H groups in total. The average molecular weight is 246 g/mol. The summed E-state index contributed by atoms with van der Waals surface area (Å²) in [7, 11) is 1.66. The van der Waals surface area contributed by atoms with Crippen molar-refractivity contribution in [1.82, 2.24) is 10.2 Å². The number of benzene rings is 1. The maximum Gasteiger partial charge on any atom is 0.119 e. The number of aromatic nitrogens is 2. The zero-order chi connectivity index (χ0) is 12.1. The fourth-order valence-corrected chi connectivity index (χ4v) is 2.02. The van der Waals surface area contributed by atoms with Gasteiger partial charge in [-0.25, -0.2) is 0 Å². The van der Waals surface area contributed by atoms with Crippen LogP contribution in [0.1, 0.15) is 6.92 Å². The monoisotopic (exact) mass is 246 g/mol. The van der Waals surface area contributed by atoms with Crippen LogP contribution in [0.4, 0.5) is 0 Å². The summed E-state index contributed by atoms with van der Waals surface area (Å²) in [5, 5.41) is 9.34. The van der Waals surface area contributed by atoms with Gasteiger partial charge in [-0.3, -0.25) is 0 Å². The second kappa shape index (κ2) is 5.68. The van der Waals surface area contributed by atoms with Crippen LogP contribution in [0.2, 0.25) is 0 Å². The smallest absolute Gasteiger partial charge is 0.119 e. The van der Waals surface area contributed by atoms with Crippen LogP contribution in [-0.4, -0.2) is 23.1 Å². The van der Waals surface area contributed by atoms with E-state index in [1.54, 1.807) is 18.9 Å². The van der Waals surface area contributed by atoms with Crippen LogP contribution in [0.5, 0.6) is 5.75 Å². The zero-order valence-electron chi connectivity index (χ0n) is 9.88. The van der Waals surface area contributed by atoms with Crippen LogP contribution < -0.4 is 4.74 Å². The maximum atomic E-state index is 5.12. The summed E-state index contributed by atoms with van der Waals surface area (Å²) in [4.78, 5) is 0. The van der Waals surface area contributed by atoms with Crippen molar-refractivity contribution < 1.29 is 4.74 Å². The summed E-state index contributed by atoms with van der Waals surface area (Å²) < 4.78 is 5.12. The first-order valence-electron chi connectivity index (χ1n) is 5.44. The van der Waals surface area contributed by atoms with E-state index in [1.165, 1.54) is 0 Å². The minimum atomic E-state index is 0.847. The van der Waals surface area contributed by atoms with E-state index >= 15 is 0 Å². The molecule has 1 heterocycles. The summed E-state index contributed by atoms with van der Waals surface area (Å²) in [5.41, 5.74) is 1.93. The van der Waals surface area contributed by atoms with Crippen LogP contribution in [0.15, 0.2) is 41.4 Å². The minimum Gasteiger partial charge on any atom is -0.497 e. The quantitative estimate of drug-likeness (QED) is 0.776. The Balaban J connectivity index is 2.20. The lowest BCUT2D eigenvalue weighted by Gasteiger charge is -2.03. The van der Waals surface area contributed by atoms with Gasteiger partial charge in [-0.1, -0.05) is 6.92 Å². The number of thioether (sulfide) groups is 1. The van der Waals surface area contributed by atoms with Crippen molar-refractivity contribution >= 4 is 11.8 Å². The highest BCUT2D eigenvalue weighted by atomic mass is 32.2. The van der Waals surface area contributed by atoms with Gasteiger partial charge in [0.25, 0.3) is 0 Å². The maximum absolute atomic E-state index is 5.12. The van der Waals surface area contributed by atoms with Crippen molar-refractivity contribution in [2.24, 2.45) is 0 Å². The third-order valence-electron chi connectivity index (χ3n) is 2.32. The van der Waals surface area contributed by atoms with Gasteiger partial charge in [0.2, 0.25) is 0 Å². The molecule has 0 aliphatic heterocycles. The minimum absolute atomic E-state index is 0.847. The molecule has 0 radical (unpaired) electrons. The van der Waals surface area contributed by atoms with Gasteiger partial charge < -0.3 is 4.74 Å². The van der Waals surface area contributed by atoms with E-state index < -0.39 is 0 Å².